The monoisotopic (exact) mass is 360 g/mol. The first-order valence-electron chi connectivity index (χ1n) is 5.55. The molecular weight excluding hydrogens is 348 g/mol. The molecule has 0 aliphatic carbocycles. The third kappa shape index (κ3) is 3.11. The largest absolute Gasteiger partial charge is 0.495 e. The zero-order chi connectivity index (χ0) is 14.8. The number of aromatic amines is 1. The molecule has 0 aliphatic heterocycles. The van der Waals surface area contributed by atoms with Crippen LogP contribution in [0.1, 0.15) is 5.56 Å². The summed E-state index contributed by atoms with van der Waals surface area (Å²) < 4.78 is 32.7. The Morgan fingerprint density at radius 2 is 2.25 bits per heavy atom. The number of hydrogen-bond donors (Lipinski definition) is 3. The fourth-order valence-corrected chi connectivity index (χ4v) is 3.28. The van der Waals surface area contributed by atoms with E-state index in [1.54, 1.807) is 12.1 Å². The van der Waals surface area contributed by atoms with E-state index < -0.39 is 10.0 Å². The number of anilines is 1. The van der Waals surface area contributed by atoms with Crippen molar-refractivity contribution in [1.29, 1.82) is 0 Å². The maximum atomic E-state index is 12.3. The van der Waals surface area contributed by atoms with E-state index in [1.165, 1.54) is 19.4 Å². The van der Waals surface area contributed by atoms with Crippen LogP contribution in [0.3, 0.4) is 0 Å². The smallest absolute Gasteiger partial charge is 0.244 e. The summed E-state index contributed by atoms with van der Waals surface area (Å²) in [5, 5.41) is 6.26. The molecule has 0 spiro atoms. The summed E-state index contributed by atoms with van der Waals surface area (Å²) in [5.41, 5.74) is 6.18. The van der Waals surface area contributed by atoms with Crippen LogP contribution < -0.4 is 15.2 Å². The predicted octanol–water partition coefficient (Wildman–Crippen LogP) is 1.24. The molecule has 1 aromatic carbocycles. The third-order valence-corrected chi connectivity index (χ3v) is 4.53. The van der Waals surface area contributed by atoms with Gasteiger partial charge in [-0.2, -0.15) is 5.10 Å². The van der Waals surface area contributed by atoms with Gasteiger partial charge in [-0.1, -0.05) is 15.9 Å². The minimum Gasteiger partial charge on any atom is -0.495 e. The van der Waals surface area contributed by atoms with E-state index in [4.69, 9.17) is 10.5 Å². The Morgan fingerprint density at radius 3 is 2.85 bits per heavy atom. The summed E-state index contributed by atoms with van der Waals surface area (Å²) in [6, 6.07) is 4.75. The number of H-pyrrole nitrogens is 1. The maximum absolute atomic E-state index is 12.3. The first-order chi connectivity index (χ1) is 9.44. The molecule has 0 aliphatic rings. The highest BCUT2D eigenvalue weighted by Crippen LogP contribution is 2.27. The number of nitrogen functional groups attached to an aromatic ring is 1. The van der Waals surface area contributed by atoms with E-state index in [0.29, 0.717) is 15.9 Å². The third-order valence-electron chi connectivity index (χ3n) is 2.62. The van der Waals surface area contributed by atoms with Crippen LogP contribution in [0.5, 0.6) is 5.75 Å². The molecule has 1 aromatic heterocycles. The van der Waals surface area contributed by atoms with Gasteiger partial charge in [-0.05, 0) is 18.2 Å². The summed E-state index contributed by atoms with van der Waals surface area (Å²) in [5.74, 6) is 0.592. The highest BCUT2D eigenvalue weighted by atomic mass is 79.9. The minimum absolute atomic E-state index is 0.0420. The number of methoxy groups -OCH3 is 1. The molecule has 0 amide bonds. The van der Waals surface area contributed by atoms with Crippen molar-refractivity contribution >= 4 is 31.8 Å². The molecule has 0 atom stereocenters. The lowest BCUT2D eigenvalue weighted by Crippen LogP contribution is -2.24. The Labute approximate surface area is 124 Å². The standard InChI is InChI=1S/C11H13BrN4O3S/c1-19-9-3-2-8(12)4-10(9)20(17,18)15-6-7-5-14-16-11(7)13/h2-5,15H,6H2,1H3,(H3,13,14,16). The van der Waals surface area contributed by atoms with Crippen LogP contribution in [0, 0.1) is 0 Å². The lowest BCUT2D eigenvalue weighted by Gasteiger charge is -2.10. The number of sulfonamides is 1. The van der Waals surface area contributed by atoms with Crippen molar-refractivity contribution in [3.05, 3.63) is 34.4 Å². The first kappa shape index (κ1) is 14.8. The van der Waals surface area contributed by atoms with E-state index in [2.05, 4.69) is 30.8 Å². The SMILES string of the molecule is COc1ccc(Br)cc1S(=O)(=O)NCc1cn[nH]c1N. The van der Waals surface area contributed by atoms with Gasteiger partial charge in [-0.25, -0.2) is 13.1 Å². The normalized spacial score (nSPS) is 11.5. The van der Waals surface area contributed by atoms with Gasteiger partial charge >= 0.3 is 0 Å². The van der Waals surface area contributed by atoms with Crippen LogP contribution in [0.25, 0.3) is 0 Å². The van der Waals surface area contributed by atoms with Crippen molar-refractivity contribution < 1.29 is 13.2 Å². The molecule has 20 heavy (non-hydrogen) atoms. The van der Waals surface area contributed by atoms with Gasteiger partial charge < -0.3 is 10.5 Å². The van der Waals surface area contributed by atoms with Gasteiger partial charge in [0.15, 0.2) is 0 Å². The molecule has 2 aromatic rings. The Morgan fingerprint density at radius 1 is 1.50 bits per heavy atom. The molecule has 7 nitrogen and oxygen atoms in total. The molecular formula is C11H13BrN4O3S. The molecule has 1 heterocycles. The van der Waals surface area contributed by atoms with Crippen molar-refractivity contribution in [1.82, 2.24) is 14.9 Å². The fourth-order valence-electron chi connectivity index (χ4n) is 1.57. The quantitative estimate of drug-likeness (QED) is 0.742. The van der Waals surface area contributed by atoms with E-state index in [1.807, 2.05) is 0 Å². The van der Waals surface area contributed by atoms with Crippen molar-refractivity contribution in [3.63, 3.8) is 0 Å². The van der Waals surface area contributed by atoms with Crippen LogP contribution >= 0.6 is 15.9 Å². The second kappa shape index (κ2) is 5.81. The number of nitrogens with two attached hydrogens (primary N) is 1. The summed E-state index contributed by atoms with van der Waals surface area (Å²) in [4.78, 5) is 0.0523. The average molecular weight is 361 g/mol. The molecule has 0 fully saturated rings. The number of nitrogens with zero attached hydrogens (tertiary/aromatic N) is 1. The maximum Gasteiger partial charge on any atom is 0.244 e. The second-order valence-electron chi connectivity index (χ2n) is 3.93. The molecule has 108 valence electrons. The van der Waals surface area contributed by atoms with E-state index >= 15 is 0 Å². The minimum atomic E-state index is -3.72. The van der Waals surface area contributed by atoms with Crippen LogP contribution in [-0.2, 0) is 16.6 Å². The van der Waals surface area contributed by atoms with Crippen molar-refractivity contribution in [2.24, 2.45) is 0 Å². The molecule has 0 saturated heterocycles. The number of rotatable bonds is 5. The number of ether oxygens (including phenoxy) is 1. The molecule has 0 unspecified atom stereocenters. The van der Waals surface area contributed by atoms with Gasteiger partial charge in [0.2, 0.25) is 10.0 Å². The Hall–Kier alpha value is -1.58. The number of halogens is 1. The Kier molecular flexibility index (Phi) is 4.31. The lowest BCUT2D eigenvalue weighted by molar-refractivity contribution is 0.402. The van der Waals surface area contributed by atoms with E-state index in [0.717, 1.165) is 0 Å². The van der Waals surface area contributed by atoms with E-state index in [-0.39, 0.29) is 17.2 Å². The highest BCUT2D eigenvalue weighted by molar-refractivity contribution is 9.10. The molecule has 0 radical (unpaired) electrons. The van der Waals surface area contributed by atoms with Crippen molar-refractivity contribution in [2.45, 2.75) is 11.4 Å². The van der Waals surface area contributed by atoms with Gasteiger partial charge in [-0.15, -0.1) is 0 Å². The lowest BCUT2D eigenvalue weighted by atomic mass is 10.3. The first-order valence-corrected chi connectivity index (χ1v) is 7.82. The molecule has 2 rings (SSSR count). The Bertz CT molecular complexity index is 714. The Balaban J connectivity index is 2.26. The predicted molar refractivity (Wildman–Crippen MR) is 77.7 cm³/mol. The molecule has 4 N–H and O–H groups in total. The van der Waals surface area contributed by atoms with Gasteiger partial charge in [0.05, 0.1) is 13.3 Å². The van der Waals surface area contributed by atoms with Gasteiger partial charge in [0.1, 0.15) is 16.5 Å². The number of benzene rings is 1. The zero-order valence-corrected chi connectivity index (χ0v) is 13.0. The van der Waals surface area contributed by atoms with E-state index in [9.17, 15) is 8.42 Å². The topological polar surface area (TPSA) is 110 Å². The van der Waals surface area contributed by atoms with Crippen molar-refractivity contribution in [2.75, 3.05) is 12.8 Å². The molecule has 0 saturated carbocycles. The van der Waals surface area contributed by atoms with Crippen LogP contribution in [0.4, 0.5) is 5.82 Å². The summed E-state index contributed by atoms with van der Waals surface area (Å²) >= 11 is 3.24. The number of nitrogens with one attached hydrogen (secondary N) is 2. The van der Waals surface area contributed by atoms with Crippen LogP contribution in [0.2, 0.25) is 0 Å². The highest BCUT2D eigenvalue weighted by Gasteiger charge is 2.20. The zero-order valence-electron chi connectivity index (χ0n) is 10.6. The van der Waals surface area contributed by atoms with Crippen molar-refractivity contribution in [3.8, 4) is 5.75 Å². The molecule has 0 bridgehead atoms. The summed E-state index contributed by atoms with van der Waals surface area (Å²) in [7, 11) is -2.31. The van der Waals surface area contributed by atoms with Crippen LogP contribution in [-0.4, -0.2) is 25.7 Å². The molecule has 9 heteroatoms. The fraction of sp³-hybridized carbons (Fsp3) is 0.182. The van der Waals surface area contributed by atoms with Gasteiger partial charge in [-0.3, -0.25) is 5.10 Å². The second-order valence-corrected chi connectivity index (χ2v) is 6.58. The average Bonchev–Trinajstić information content (AvgIpc) is 2.82. The van der Waals surface area contributed by atoms with Gasteiger partial charge in [0.25, 0.3) is 0 Å². The number of hydrogen-bond acceptors (Lipinski definition) is 5. The van der Waals surface area contributed by atoms with Gasteiger partial charge in [0, 0.05) is 16.6 Å². The summed E-state index contributed by atoms with van der Waals surface area (Å²) in [6.45, 7) is 0.0420. The summed E-state index contributed by atoms with van der Waals surface area (Å²) in [6.07, 6.45) is 1.47. The van der Waals surface area contributed by atoms with Crippen LogP contribution in [0.15, 0.2) is 33.8 Å². The number of aromatic nitrogens is 2.